The van der Waals surface area contributed by atoms with Gasteiger partial charge in [-0.2, -0.15) is 0 Å². The first-order valence-electron chi connectivity index (χ1n) is 19.0. The Labute approximate surface area is 329 Å². The second-order valence-corrected chi connectivity index (χ2v) is 29.5. The van der Waals surface area contributed by atoms with Gasteiger partial charge in [0, 0.05) is 47.8 Å². The van der Waals surface area contributed by atoms with Crippen LogP contribution in [0.3, 0.4) is 0 Å². The van der Waals surface area contributed by atoms with Crippen LogP contribution < -0.4 is 22.5 Å². The molecule has 7 atom stereocenters. The fourth-order valence-electron chi connectivity index (χ4n) is 5.86. The number of rotatable bonds is 16. The normalized spacial score (nSPS) is 24.6. The molecule has 0 saturated carbocycles. The molecule has 2 aliphatic rings. The molecule has 0 aliphatic carbocycles. The Kier molecular flexibility index (Phi) is 14.3. The molecule has 56 heavy (non-hydrogen) atoms. The molecular weight excluding hydrogens is 782 g/mol. The smallest absolute Gasteiger partial charge is 0.331 e. The van der Waals surface area contributed by atoms with Crippen LogP contribution in [0.15, 0.2) is 36.7 Å². The SMILES string of the molecule is Cc1cn([C@H]2C[C@H](O[Si](C)(C)C(C)(C)C)[C@@H](COP(=O)(CCCN=[N+]=[N-])O[C@H]3C[C@H](n4cc(C)c(=O)[nH]c4=O)O[C@@H]3CO[Si](C)(C)C(C)(C)C)O2)c(=O)[nH]c1=O. The molecule has 2 saturated heterocycles. The maximum absolute atomic E-state index is 14.9. The van der Waals surface area contributed by atoms with E-state index < -0.39 is 83.6 Å². The Balaban J connectivity index is 1.67. The number of ether oxygens (including phenoxy) is 2. The van der Waals surface area contributed by atoms with Crippen molar-refractivity contribution in [3.05, 3.63) is 75.6 Å². The summed E-state index contributed by atoms with van der Waals surface area (Å²) >= 11 is 0. The summed E-state index contributed by atoms with van der Waals surface area (Å²) in [4.78, 5) is 57.6. The second kappa shape index (κ2) is 17.5. The number of nitrogens with one attached hydrogen (secondary N) is 2. The topological polar surface area (TPSA) is 231 Å². The van der Waals surface area contributed by atoms with Crippen molar-refractivity contribution in [2.75, 3.05) is 25.9 Å². The Morgan fingerprint density at radius 3 is 1.80 bits per heavy atom. The summed E-state index contributed by atoms with van der Waals surface area (Å²) in [7, 11) is -8.78. The quantitative estimate of drug-likeness (QED) is 0.0498. The summed E-state index contributed by atoms with van der Waals surface area (Å²) < 4.78 is 56.3. The van der Waals surface area contributed by atoms with Gasteiger partial charge < -0.3 is 27.4 Å². The average Bonchev–Trinajstić information content (AvgIpc) is 3.66. The molecule has 0 amide bonds. The zero-order chi connectivity index (χ0) is 42.0. The molecule has 2 fully saturated rings. The third-order valence-corrected chi connectivity index (χ3v) is 22.4. The fourth-order valence-corrected chi connectivity index (χ4v) is 10.1. The van der Waals surface area contributed by atoms with Crippen molar-refractivity contribution in [1.82, 2.24) is 19.1 Å². The van der Waals surface area contributed by atoms with Crippen LogP contribution in [0, 0.1) is 13.8 Å². The first-order chi connectivity index (χ1) is 25.8. The van der Waals surface area contributed by atoms with Gasteiger partial charge in [0.1, 0.15) is 24.7 Å². The van der Waals surface area contributed by atoms with Crippen LogP contribution >= 0.6 is 7.60 Å². The van der Waals surface area contributed by atoms with Gasteiger partial charge in [-0.3, -0.25) is 33.3 Å². The Hall–Kier alpha value is -2.91. The van der Waals surface area contributed by atoms with Gasteiger partial charge in [0.05, 0.1) is 31.6 Å². The molecule has 0 bridgehead atoms. The predicted octanol–water partition coefficient (Wildman–Crippen LogP) is 5.99. The number of hydrogen-bond acceptors (Lipinski definition) is 12. The molecule has 2 N–H and O–H groups in total. The first-order valence-corrected chi connectivity index (χ1v) is 26.5. The molecule has 314 valence electrons. The minimum Gasteiger partial charge on any atom is -0.414 e. The van der Waals surface area contributed by atoms with Crippen molar-refractivity contribution in [2.45, 2.75) is 148 Å². The summed E-state index contributed by atoms with van der Waals surface area (Å²) in [6.45, 7) is 24.0. The maximum atomic E-state index is 14.9. The van der Waals surface area contributed by atoms with E-state index in [4.69, 9.17) is 32.9 Å². The summed E-state index contributed by atoms with van der Waals surface area (Å²) in [5.41, 5.74) is 7.24. The van der Waals surface area contributed by atoms with Crippen molar-refractivity contribution in [3.8, 4) is 0 Å². The number of nitrogens with zero attached hydrogens (tertiary/aromatic N) is 5. The van der Waals surface area contributed by atoms with Gasteiger partial charge in [0.15, 0.2) is 16.6 Å². The van der Waals surface area contributed by atoms with Gasteiger partial charge in [-0.05, 0) is 62.1 Å². The van der Waals surface area contributed by atoms with Crippen molar-refractivity contribution < 1.29 is 31.9 Å². The van der Waals surface area contributed by atoms with E-state index in [-0.39, 0.29) is 55.3 Å². The van der Waals surface area contributed by atoms with Crippen molar-refractivity contribution >= 4 is 24.2 Å². The summed E-state index contributed by atoms with van der Waals surface area (Å²) in [5, 5.41) is 3.30. The van der Waals surface area contributed by atoms with Gasteiger partial charge in [-0.1, -0.05) is 46.7 Å². The highest BCUT2D eigenvalue weighted by Gasteiger charge is 2.48. The number of H-pyrrole nitrogens is 2. The van der Waals surface area contributed by atoms with Crippen LogP contribution in [0.4, 0.5) is 0 Å². The maximum Gasteiger partial charge on any atom is 0.331 e. The van der Waals surface area contributed by atoms with Crippen LogP contribution in [-0.4, -0.2) is 86.1 Å². The molecule has 18 nitrogen and oxygen atoms in total. The van der Waals surface area contributed by atoms with Gasteiger partial charge >= 0.3 is 19.0 Å². The number of hydrogen-bond donors (Lipinski definition) is 2. The standard InChI is InChI=1S/C35H60N7O11PSi2/c1-22-18-41(32(45)38-30(22)43)28-16-24(27(51-28)21-49-55(9,10)34(3,4)5)52-54(47,15-13-14-37-40-36)48-20-26-25(53-56(11,12)35(6,7)8)17-29(50-26)42-19-23(2)31(44)39-33(42)46/h18-19,24-29H,13-17,20-21H2,1-12H3,(H,38,43,45)(H,39,44,46)/t24-,25-,26+,27+,28+,29+,54?/m0/s1. The van der Waals surface area contributed by atoms with Crippen molar-refractivity contribution in [3.63, 3.8) is 0 Å². The van der Waals surface area contributed by atoms with Gasteiger partial charge in [-0.15, -0.1) is 0 Å². The van der Waals surface area contributed by atoms with Gasteiger partial charge in [0.25, 0.3) is 11.1 Å². The molecule has 4 heterocycles. The van der Waals surface area contributed by atoms with E-state index in [1.54, 1.807) is 13.8 Å². The summed E-state index contributed by atoms with van der Waals surface area (Å²) in [5.74, 6) is 0. The Morgan fingerprint density at radius 2 is 1.32 bits per heavy atom. The lowest BCUT2D eigenvalue weighted by Crippen LogP contribution is -2.46. The van der Waals surface area contributed by atoms with E-state index >= 15 is 0 Å². The number of azide groups is 1. The summed E-state index contributed by atoms with van der Waals surface area (Å²) in [6, 6.07) is 0. The molecule has 0 aromatic carbocycles. The molecule has 2 aliphatic heterocycles. The minimum atomic E-state index is -4.06. The Bertz CT molecular complexity index is 2050. The highest BCUT2D eigenvalue weighted by atomic mass is 31.2. The molecular formula is C35H60N7O11PSi2. The van der Waals surface area contributed by atoms with Crippen LogP contribution in [0.25, 0.3) is 10.4 Å². The third kappa shape index (κ3) is 11.0. The molecule has 2 aromatic heterocycles. The number of aryl methyl sites for hydroxylation is 2. The van der Waals surface area contributed by atoms with Crippen LogP contribution in [0.2, 0.25) is 36.3 Å². The molecule has 0 spiro atoms. The second-order valence-electron chi connectivity index (χ2n) is 17.8. The Morgan fingerprint density at radius 1 is 0.839 bits per heavy atom. The summed E-state index contributed by atoms with van der Waals surface area (Å²) in [6.07, 6.45) is -1.48. The lowest BCUT2D eigenvalue weighted by molar-refractivity contribution is -0.0502. The van der Waals surface area contributed by atoms with Crippen LogP contribution in [0.1, 0.15) is 84.4 Å². The lowest BCUT2D eigenvalue weighted by atomic mass is 10.2. The zero-order valence-corrected chi connectivity index (χ0v) is 37.6. The van der Waals surface area contributed by atoms with E-state index in [2.05, 4.69) is 87.7 Å². The van der Waals surface area contributed by atoms with Crippen LogP contribution in [0.5, 0.6) is 0 Å². The van der Waals surface area contributed by atoms with Gasteiger partial charge in [0.2, 0.25) is 0 Å². The zero-order valence-electron chi connectivity index (χ0n) is 34.7. The molecule has 4 rings (SSSR count). The average molecular weight is 842 g/mol. The lowest BCUT2D eigenvalue weighted by Gasteiger charge is -2.39. The van der Waals surface area contributed by atoms with Crippen molar-refractivity contribution in [1.29, 1.82) is 0 Å². The number of aromatic amines is 2. The van der Waals surface area contributed by atoms with E-state index in [1.807, 2.05) is 0 Å². The van der Waals surface area contributed by atoms with Crippen LogP contribution in [-0.2, 0) is 31.9 Å². The van der Waals surface area contributed by atoms with E-state index in [0.29, 0.717) is 11.1 Å². The van der Waals surface area contributed by atoms with Crippen molar-refractivity contribution in [2.24, 2.45) is 5.11 Å². The highest BCUT2D eigenvalue weighted by Crippen LogP contribution is 2.54. The highest BCUT2D eigenvalue weighted by molar-refractivity contribution is 7.53. The van der Waals surface area contributed by atoms with Gasteiger partial charge in [-0.25, -0.2) is 9.59 Å². The minimum absolute atomic E-state index is 0.0363. The predicted molar refractivity (Wildman–Crippen MR) is 216 cm³/mol. The fraction of sp³-hybridized carbons (Fsp3) is 0.771. The van der Waals surface area contributed by atoms with E-state index in [9.17, 15) is 23.7 Å². The largest absolute Gasteiger partial charge is 0.414 e. The molecule has 0 radical (unpaired) electrons. The molecule has 21 heteroatoms. The number of aromatic nitrogens is 4. The molecule has 2 aromatic rings. The first kappa shape index (κ1) is 45.8. The van der Waals surface area contributed by atoms with E-state index in [0.717, 1.165) is 0 Å². The third-order valence-electron chi connectivity index (χ3n) is 11.4. The molecule has 1 unspecified atom stereocenters. The van der Waals surface area contributed by atoms with E-state index in [1.165, 1.54) is 21.5 Å². The monoisotopic (exact) mass is 841 g/mol.